The molecule has 0 amide bonds. The lowest BCUT2D eigenvalue weighted by molar-refractivity contribution is 0.143. The van der Waals surface area contributed by atoms with E-state index in [4.69, 9.17) is 4.74 Å². The number of sulfonamides is 1. The molecule has 0 spiro atoms. The molecule has 128 valence electrons. The van der Waals surface area contributed by atoms with Crippen LogP contribution in [0.2, 0.25) is 0 Å². The largest absolute Gasteiger partial charge is 0.383 e. The summed E-state index contributed by atoms with van der Waals surface area (Å²) < 4.78 is 32.4. The van der Waals surface area contributed by atoms with E-state index in [1.165, 1.54) is 38.5 Å². The second-order valence-corrected chi connectivity index (χ2v) is 9.46. The monoisotopic (exact) mass is 330 g/mol. The Hall–Kier alpha value is -0.170. The summed E-state index contributed by atoms with van der Waals surface area (Å²) in [4.78, 5) is 2.58. The zero-order valence-electron chi connectivity index (χ0n) is 13.7. The number of hydrogen-bond acceptors (Lipinski definition) is 4. The van der Waals surface area contributed by atoms with Gasteiger partial charge in [0.05, 0.1) is 6.61 Å². The number of ether oxygens (including phenoxy) is 1. The first-order valence-electron chi connectivity index (χ1n) is 8.82. The van der Waals surface area contributed by atoms with Crippen molar-refractivity contribution < 1.29 is 13.2 Å². The molecule has 3 aliphatic rings. The molecule has 0 radical (unpaired) electrons. The average molecular weight is 330 g/mol. The number of nitrogens with one attached hydrogen (secondary N) is 1. The lowest BCUT2D eigenvalue weighted by Gasteiger charge is -2.35. The smallest absolute Gasteiger partial charge is 0.219 e. The van der Waals surface area contributed by atoms with E-state index in [1.807, 2.05) is 0 Å². The van der Waals surface area contributed by atoms with Crippen molar-refractivity contribution in [3.63, 3.8) is 0 Å². The van der Waals surface area contributed by atoms with Gasteiger partial charge >= 0.3 is 0 Å². The highest BCUT2D eigenvalue weighted by molar-refractivity contribution is 7.91. The summed E-state index contributed by atoms with van der Waals surface area (Å²) >= 11 is 0. The molecule has 0 aromatic carbocycles. The van der Waals surface area contributed by atoms with Crippen LogP contribution in [-0.2, 0) is 14.8 Å². The molecule has 1 saturated heterocycles. The molecule has 3 fully saturated rings. The topological polar surface area (TPSA) is 58.6 Å². The summed E-state index contributed by atoms with van der Waals surface area (Å²) in [6, 6.07) is 1.07. The number of hydrogen-bond donors (Lipinski definition) is 1. The zero-order valence-corrected chi connectivity index (χ0v) is 14.5. The minimum atomic E-state index is -3.25. The Kier molecular flexibility index (Phi) is 5.12. The van der Waals surface area contributed by atoms with Gasteiger partial charge in [-0.15, -0.1) is 0 Å². The van der Waals surface area contributed by atoms with E-state index >= 15 is 0 Å². The highest BCUT2D eigenvalue weighted by atomic mass is 32.2. The first kappa shape index (κ1) is 16.7. The Morgan fingerprint density at radius 1 is 1.14 bits per heavy atom. The van der Waals surface area contributed by atoms with Gasteiger partial charge in [0.25, 0.3) is 0 Å². The molecule has 3 rings (SSSR count). The van der Waals surface area contributed by atoms with E-state index in [0.29, 0.717) is 25.2 Å². The molecule has 0 bridgehead atoms. The van der Waals surface area contributed by atoms with Gasteiger partial charge in [-0.1, -0.05) is 19.3 Å². The Labute approximate surface area is 134 Å². The lowest BCUT2D eigenvalue weighted by Crippen LogP contribution is -2.48. The van der Waals surface area contributed by atoms with Crippen molar-refractivity contribution in [2.24, 2.45) is 0 Å². The fourth-order valence-corrected chi connectivity index (χ4v) is 5.85. The summed E-state index contributed by atoms with van der Waals surface area (Å²) in [6.45, 7) is 2.03. The van der Waals surface area contributed by atoms with Crippen LogP contribution in [0.5, 0.6) is 0 Å². The standard InChI is InChI=1S/C16H30N2O3S/c1-21-13-16(9-10-16)22(19,20)17-12-15-8-5-11-18(15)14-6-3-2-4-7-14/h14-15,17H,2-13H2,1H3. The Morgan fingerprint density at radius 2 is 1.86 bits per heavy atom. The molecule has 0 aromatic rings. The fourth-order valence-electron chi connectivity index (χ4n) is 4.22. The molecule has 22 heavy (non-hydrogen) atoms. The minimum absolute atomic E-state index is 0.319. The number of methoxy groups -OCH3 is 1. The van der Waals surface area contributed by atoms with E-state index < -0.39 is 14.8 Å². The third kappa shape index (κ3) is 3.35. The molecule has 2 aliphatic carbocycles. The van der Waals surface area contributed by atoms with Crippen LogP contribution in [-0.4, -0.2) is 57.0 Å². The second-order valence-electron chi connectivity index (χ2n) is 7.29. The van der Waals surface area contributed by atoms with E-state index in [-0.39, 0.29) is 0 Å². The summed E-state index contributed by atoms with van der Waals surface area (Å²) in [6.07, 6.45) is 10.4. The number of rotatable bonds is 7. The van der Waals surface area contributed by atoms with Gasteiger partial charge in [0.15, 0.2) is 0 Å². The molecule has 5 nitrogen and oxygen atoms in total. The van der Waals surface area contributed by atoms with Crippen molar-refractivity contribution in [3.05, 3.63) is 0 Å². The SMILES string of the molecule is COCC1(S(=O)(=O)NCC2CCCN2C2CCCCC2)CC1. The van der Waals surface area contributed by atoms with Gasteiger partial charge in [0, 0.05) is 25.7 Å². The Morgan fingerprint density at radius 3 is 2.50 bits per heavy atom. The Balaban J connectivity index is 1.56. The summed E-state index contributed by atoms with van der Waals surface area (Å²) in [7, 11) is -1.67. The van der Waals surface area contributed by atoms with Crippen LogP contribution in [0, 0.1) is 0 Å². The quantitative estimate of drug-likeness (QED) is 0.774. The van der Waals surface area contributed by atoms with E-state index in [2.05, 4.69) is 9.62 Å². The van der Waals surface area contributed by atoms with Gasteiger partial charge in [-0.2, -0.15) is 0 Å². The minimum Gasteiger partial charge on any atom is -0.383 e. The maximum absolute atomic E-state index is 12.5. The van der Waals surface area contributed by atoms with E-state index in [1.54, 1.807) is 7.11 Å². The Bertz CT molecular complexity index is 470. The average Bonchev–Trinajstić information content (AvgIpc) is 3.16. The third-order valence-electron chi connectivity index (χ3n) is 5.76. The molecular formula is C16H30N2O3S. The van der Waals surface area contributed by atoms with Crippen molar-refractivity contribution in [1.29, 1.82) is 0 Å². The molecule has 1 N–H and O–H groups in total. The van der Waals surface area contributed by atoms with Gasteiger partial charge in [0.1, 0.15) is 4.75 Å². The molecule has 1 heterocycles. The van der Waals surface area contributed by atoms with Gasteiger partial charge in [-0.3, -0.25) is 4.90 Å². The lowest BCUT2D eigenvalue weighted by atomic mass is 9.94. The van der Waals surface area contributed by atoms with Crippen LogP contribution in [0.15, 0.2) is 0 Å². The maximum atomic E-state index is 12.5. The molecule has 6 heteroatoms. The normalized spacial score (nSPS) is 29.8. The van der Waals surface area contributed by atoms with Gasteiger partial charge in [0.2, 0.25) is 10.0 Å². The van der Waals surface area contributed by atoms with Crippen molar-refractivity contribution in [3.8, 4) is 0 Å². The molecule has 1 aliphatic heterocycles. The highest BCUT2D eigenvalue weighted by Crippen LogP contribution is 2.43. The predicted molar refractivity (Wildman–Crippen MR) is 87.4 cm³/mol. The molecular weight excluding hydrogens is 300 g/mol. The van der Waals surface area contributed by atoms with Gasteiger partial charge in [-0.25, -0.2) is 13.1 Å². The highest BCUT2D eigenvalue weighted by Gasteiger charge is 2.54. The molecule has 1 atom stereocenters. The molecule has 2 saturated carbocycles. The summed E-state index contributed by atoms with van der Waals surface area (Å²) in [5.41, 5.74) is 0. The van der Waals surface area contributed by atoms with Crippen molar-refractivity contribution in [2.75, 3.05) is 26.8 Å². The van der Waals surface area contributed by atoms with Crippen LogP contribution in [0.25, 0.3) is 0 Å². The van der Waals surface area contributed by atoms with Crippen LogP contribution in [0.3, 0.4) is 0 Å². The summed E-state index contributed by atoms with van der Waals surface area (Å²) in [5, 5.41) is 0. The number of nitrogens with zero attached hydrogens (tertiary/aromatic N) is 1. The molecule has 1 unspecified atom stereocenters. The first-order chi connectivity index (χ1) is 10.6. The van der Waals surface area contributed by atoms with Gasteiger partial charge in [-0.05, 0) is 45.1 Å². The molecule has 0 aromatic heterocycles. The zero-order chi connectivity index (χ0) is 15.6. The van der Waals surface area contributed by atoms with E-state index in [0.717, 1.165) is 25.8 Å². The van der Waals surface area contributed by atoms with Crippen molar-refractivity contribution >= 4 is 10.0 Å². The fraction of sp³-hybridized carbons (Fsp3) is 1.00. The van der Waals surface area contributed by atoms with Crippen LogP contribution in [0.1, 0.15) is 57.8 Å². The van der Waals surface area contributed by atoms with Crippen LogP contribution >= 0.6 is 0 Å². The number of likely N-dealkylation sites (tertiary alicyclic amines) is 1. The van der Waals surface area contributed by atoms with E-state index in [9.17, 15) is 8.42 Å². The predicted octanol–water partition coefficient (Wildman–Crippen LogP) is 1.88. The first-order valence-corrected chi connectivity index (χ1v) is 10.3. The third-order valence-corrected chi connectivity index (χ3v) is 7.97. The summed E-state index contributed by atoms with van der Waals surface area (Å²) in [5.74, 6) is 0. The van der Waals surface area contributed by atoms with Gasteiger partial charge < -0.3 is 4.74 Å². The second kappa shape index (κ2) is 6.75. The maximum Gasteiger partial charge on any atom is 0.219 e. The van der Waals surface area contributed by atoms with Crippen LogP contribution in [0.4, 0.5) is 0 Å². The van der Waals surface area contributed by atoms with Crippen molar-refractivity contribution in [2.45, 2.75) is 74.6 Å². The van der Waals surface area contributed by atoms with Crippen molar-refractivity contribution in [1.82, 2.24) is 9.62 Å². The van der Waals surface area contributed by atoms with Crippen LogP contribution < -0.4 is 4.72 Å².